The molecule has 0 N–H and O–H groups in total. The Morgan fingerprint density at radius 1 is 0.826 bits per heavy atom. The number of aromatic nitrogens is 3. The van der Waals surface area contributed by atoms with Gasteiger partial charge in [0.15, 0.2) is 0 Å². The summed E-state index contributed by atoms with van der Waals surface area (Å²) in [6, 6.07) is 10.9. The predicted octanol–water partition coefficient (Wildman–Crippen LogP) is 2.49. The second-order valence-corrected chi connectivity index (χ2v) is 5.49. The fourth-order valence-corrected chi connectivity index (χ4v) is 2.98. The zero-order chi connectivity index (χ0) is 15.6. The minimum absolute atomic E-state index is 0.273. The van der Waals surface area contributed by atoms with Gasteiger partial charge in [-0.25, -0.2) is 19.3 Å². The summed E-state index contributed by atoms with van der Waals surface area (Å²) < 4.78 is 14.2. The Kier molecular flexibility index (Phi) is 3.49. The predicted molar refractivity (Wildman–Crippen MR) is 88.2 cm³/mol. The van der Waals surface area contributed by atoms with Crippen molar-refractivity contribution in [2.24, 2.45) is 0 Å². The number of pyridine rings is 1. The maximum atomic E-state index is 14.2. The van der Waals surface area contributed by atoms with Gasteiger partial charge in [-0.3, -0.25) is 0 Å². The van der Waals surface area contributed by atoms with E-state index < -0.39 is 0 Å². The molecular formula is C17H16FN5. The van der Waals surface area contributed by atoms with Gasteiger partial charge in [0.05, 0.1) is 10.9 Å². The van der Waals surface area contributed by atoms with Crippen molar-refractivity contribution in [2.45, 2.75) is 0 Å². The van der Waals surface area contributed by atoms with E-state index in [1.165, 1.54) is 12.4 Å². The summed E-state index contributed by atoms with van der Waals surface area (Å²) in [6.45, 7) is 3.21. The van der Waals surface area contributed by atoms with Gasteiger partial charge in [0.2, 0.25) is 0 Å². The van der Waals surface area contributed by atoms with Gasteiger partial charge in [0, 0.05) is 32.4 Å². The van der Waals surface area contributed by atoms with Crippen molar-refractivity contribution in [3.63, 3.8) is 0 Å². The van der Waals surface area contributed by atoms with Crippen molar-refractivity contribution < 1.29 is 4.39 Å². The summed E-state index contributed by atoms with van der Waals surface area (Å²) in [5.41, 5.74) is 0.641. The number of hydrogen-bond donors (Lipinski definition) is 0. The molecule has 1 fully saturated rings. The van der Waals surface area contributed by atoms with E-state index in [0.717, 1.165) is 32.0 Å². The smallest absolute Gasteiger partial charge is 0.142 e. The van der Waals surface area contributed by atoms with Gasteiger partial charge in [0.1, 0.15) is 23.8 Å². The van der Waals surface area contributed by atoms with Crippen LogP contribution in [0.5, 0.6) is 0 Å². The molecule has 1 saturated heterocycles. The van der Waals surface area contributed by atoms with Crippen LogP contribution in [0, 0.1) is 5.82 Å². The van der Waals surface area contributed by atoms with Crippen LogP contribution < -0.4 is 9.80 Å². The van der Waals surface area contributed by atoms with Crippen LogP contribution in [0.1, 0.15) is 0 Å². The molecular weight excluding hydrogens is 293 g/mol. The summed E-state index contributed by atoms with van der Waals surface area (Å²) in [4.78, 5) is 17.2. The van der Waals surface area contributed by atoms with E-state index >= 15 is 0 Å². The molecule has 2 aromatic heterocycles. The van der Waals surface area contributed by atoms with E-state index in [2.05, 4.69) is 24.8 Å². The molecule has 1 aliphatic rings. The second-order valence-electron chi connectivity index (χ2n) is 5.49. The number of benzene rings is 1. The maximum Gasteiger partial charge on any atom is 0.142 e. The third-order valence-corrected chi connectivity index (χ3v) is 4.14. The van der Waals surface area contributed by atoms with Crippen LogP contribution in [0.2, 0.25) is 0 Å². The highest BCUT2D eigenvalue weighted by Gasteiger charge is 2.21. The molecule has 6 heteroatoms. The van der Waals surface area contributed by atoms with E-state index in [1.807, 2.05) is 24.3 Å². The minimum Gasteiger partial charge on any atom is -0.353 e. The quantitative estimate of drug-likeness (QED) is 0.728. The van der Waals surface area contributed by atoms with E-state index in [9.17, 15) is 4.39 Å². The molecule has 1 aliphatic heterocycles. The van der Waals surface area contributed by atoms with Crippen LogP contribution >= 0.6 is 0 Å². The molecule has 1 aromatic carbocycles. The molecule has 0 radical (unpaired) electrons. The molecule has 0 bridgehead atoms. The van der Waals surface area contributed by atoms with Crippen LogP contribution in [0.4, 0.5) is 16.0 Å². The van der Waals surface area contributed by atoms with Crippen LogP contribution in [-0.2, 0) is 0 Å². The lowest BCUT2D eigenvalue weighted by atomic mass is 10.2. The molecule has 0 amide bonds. The van der Waals surface area contributed by atoms with Gasteiger partial charge in [-0.05, 0) is 24.3 Å². The van der Waals surface area contributed by atoms with E-state index in [0.29, 0.717) is 16.7 Å². The fraction of sp³-hybridized carbons (Fsp3) is 0.235. The summed E-state index contributed by atoms with van der Waals surface area (Å²) in [6.07, 6.45) is 3.30. The highest BCUT2D eigenvalue weighted by atomic mass is 19.1. The lowest BCUT2D eigenvalue weighted by Gasteiger charge is -2.36. The molecule has 4 rings (SSSR count). The van der Waals surface area contributed by atoms with E-state index in [1.54, 1.807) is 12.3 Å². The first-order valence-electron chi connectivity index (χ1n) is 7.63. The maximum absolute atomic E-state index is 14.2. The highest BCUT2D eigenvalue weighted by molar-refractivity contribution is 5.89. The average Bonchev–Trinajstić information content (AvgIpc) is 2.62. The van der Waals surface area contributed by atoms with Gasteiger partial charge in [-0.15, -0.1) is 0 Å². The van der Waals surface area contributed by atoms with Crippen LogP contribution in [-0.4, -0.2) is 41.1 Å². The number of fused-ring (bicyclic) bond motifs is 1. The van der Waals surface area contributed by atoms with Crippen molar-refractivity contribution in [3.8, 4) is 0 Å². The van der Waals surface area contributed by atoms with Crippen molar-refractivity contribution >= 4 is 22.5 Å². The third kappa shape index (κ3) is 2.56. The average molecular weight is 309 g/mol. The summed E-state index contributed by atoms with van der Waals surface area (Å²) in [5, 5.41) is 0.501. The molecule has 116 valence electrons. The number of nitrogens with zero attached hydrogens (tertiary/aromatic N) is 5. The Morgan fingerprint density at radius 2 is 1.65 bits per heavy atom. The minimum atomic E-state index is -0.273. The largest absolute Gasteiger partial charge is 0.353 e. The SMILES string of the molecule is Fc1cccc2ncnc(N3CCN(c4ccccn4)CC3)c12. The topological polar surface area (TPSA) is 45.2 Å². The Balaban J connectivity index is 1.60. The van der Waals surface area contributed by atoms with Gasteiger partial charge in [0.25, 0.3) is 0 Å². The van der Waals surface area contributed by atoms with Crippen molar-refractivity contribution in [1.29, 1.82) is 0 Å². The first-order chi connectivity index (χ1) is 11.3. The van der Waals surface area contributed by atoms with Crippen molar-refractivity contribution in [1.82, 2.24) is 15.0 Å². The second kappa shape index (κ2) is 5.79. The molecule has 23 heavy (non-hydrogen) atoms. The highest BCUT2D eigenvalue weighted by Crippen LogP contribution is 2.26. The lowest BCUT2D eigenvalue weighted by molar-refractivity contribution is 0.628. The van der Waals surface area contributed by atoms with Crippen LogP contribution in [0.25, 0.3) is 10.9 Å². The molecule has 0 saturated carbocycles. The summed E-state index contributed by atoms with van der Waals surface area (Å²) >= 11 is 0. The number of piperazine rings is 1. The zero-order valence-electron chi connectivity index (χ0n) is 12.6. The number of anilines is 2. The molecule has 0 aliphatic carbocycles. The fourth-order valence-electron chi connectivity index (χ4n) is 2.98. The lowest BCUT2D eigenvalue weighted by Crippen LogP contribution is -2.47. The summed E-state index contributed by atoms with van der Waals surface area (Å²) in [7, 11) is 0. The van der Waals surface area contributed by atoms with Gasteiger partial charge in [-0.2, -0.15) is 0 Å². The van der Waals surface area contributed by atoms with Gasteiger partial charge < -0.3 is 9.80 Å². The standard InChI is InChI=1S/C17H16FN5/c18-13-4-3-5-14-16(13)17(21-12-20-14)23-10-8-22(9-11-23)15-6-1-2-7-19-15/h1-7,12H,8-11H2. The molecule has 0 unspecified atom stereocenters. The van der Waals surface area contributed by atoms with Crippen LogP contribution in [0.3, 0.4) is 0 Å². The molecule has 5 nitrogen and oxygen atoms in total. The number of rotatable bonds is 2. The Bertz CT molecular complexity index is 810. The Morgan fingerprint density at radius 3 is 2.43 bits per heavy atom. The van der Waals surface area contributed by atoms with Gasteiger partial charge >= 0.3 is 0 Å². The first-order valence-corrected chi connectivity index (χ1v) is 7.63. The Labute approximate surface area is 133 Å². The molecule has 3 heterocycles. The third-order valence-electron chi connectivity index (χ3n) is 4.14. The molecule has 0 spiro atoms. The number of halogens is 1. The monoisotopic (exact) mass is 309 g/mol. The van der Waals surface area contributed by atoms with Crippen LogP contribution in [0.15, 0.2) is 48.9 Å². The van der Waals surface area contributed by atoms with Crippen molar-refractivity contribution in [2.75, 3.05) is 36.0 Å². The normalized spacial score (nSPS) is 15.2. The zero-order valence-corrected chi connectivity index (χ0v) is 12.6. The van der Waals surface area contributed by atoms with E-state index in [-0.39, 0.29) is 5.82 Å². The number of hydrogen-bond acceptors (Lipinski definition) is 5. The van der Waals surface area contributed by atoms with E-state index in [4.69, 9.17) is 0 Å². The van der Waals surface area contributed by atoms with Crippen molar-refractivity contribution in [3.05, 3.63) is 54.7 Å². The summed E-state index contributed by atoms with van der Waals surface area (Å²) in [5.74, 6) is 1.38. The molecule has 3 aromatic rings. The van der Waals surface area contributed by atoms with Gasteiger partial charge in [-0.1, -0.05) is 12.1 Å². The molecule has 0 atom stereocenters. The Hall–Kier alpha value is -2.76. The first kappa shape index (κ1) is 13.9.